The molecule has 2 N–H and O–H groups in total. The monoisotopic (exact) mass is 391 g/mol. The molecule has 1 fully saturated rings. The summed E-state index contributed by atoms with van der Waals surface area (Å²) >= 11 is 5.83. The zero-order chi connectivity index (χ0) is 18.2. The molecule has 0 radical (unpaired) electrons. The van der Waals surface area contributed by atoms with Crippen molar-refractivity contribution >= 4 is 33.3 Å². The number of aliphatic carboxylic acids is 1. The van der Waals surface area contributed by atoms with E-state index < -0.39 is 38.5 Å². The molecule has 0 bridgehead atoms. The van der Waals surface area contributed by atoms with Gasteiger partial charge in [-0.05, 0) is 24.6 Å². The molecule has 25 heavy (non-hydrogen) atoms. The molecule has 1 saturated heterocycles. The number of para-hydroxylation sites is 1. The molecule has 3 rings (SSSR count). The number of ether oxygens (including phenoxy) is 2. The quantitative estimate of drug-likeness (QED) is 0.815. The van der Waals surface area contributed by atoms with E-state index in [1.165, 1.54) is 18.2 Å². The summed E-state index contributed by atoms with van der Waals surface area (Å²) in [7, 11) is -4.26. The Morgan fingerprint density at radius 3 is 2.64 bits per heavy atom. The number of hydrogen-bond acceptors (Lipinski definition) is 5. The Labute approximate surface area is 148 Å². The number of halogens is 2. The summed E-state index contributed by atoms with van der Waals surface area (Å²) in [5.41, 5.74) is -0.796. The fourth-order valence-electron chi connectivity index (χ4n) is 2.92. The molecule has 1 aliphatic heterocycles. The van der Waals surface area contributed by atoms with Crippen molar-refractivity contribution in [1.29, 1.82) is 0 Å². The van der Waals surface area contributed by atoms with Crippen molar-refractivity contribution in [3.63, 3.8) is 0 Å². The summed E-state index contributed by atoms with van der Waals surface area (Å²) in [5, 5.41) is 7.90. The van der Waals surface area contributed by atoms with Crippen molar-refractivity contribution in [3.8, 4) is 0 Å². The molecule has 1 atom stereocenters. The van der Waals surface area contributed by atoms with E-state index in [4.69, 9.17) is 21.1 Å². The van der Waals surface area contributed by atoms with Crippen LogP contribution in [0.25, 0.3) is 0 Å². The molecule has 1 unspecified atom stereocenters. The van der Waals surface area contributed by atoms with Crippen LogP contribution in [0.3, 0.4) is 0 Å². The van der Waals surface area contributed by atoms with Gasteiger partial charge in [0.2, 0.25) is 10.0 Å². The first kappa shape index (κ1) is 18.1. The molecule has 136 valence electrons. The van der Waals surface area contributed by atoms with Crippen molar-refractivity contribution in [3.05, 3.63) is 40.7 Å². The Hall–Kier alpha value is -1.68. The maximum atomic E-state index is 13.9. The summed E-state index contributed by atoms with van der Waals surface area (Å²) < 4.78 is 52.1. The molecule has 1 aromatic carbocycles. The second-order valence-electron chi connectivity index (χ2n) is 5.68. The Morgan fingerprint density at radius 1 is 1.36 bits per heavy atom. The predicted octanol–water partition coefficient (Wildman–Crippen LogP) is 2.14. The highest BCUT2D eigenvalue weighted by molar-refractivity contribution is 7.93. The second kappa shape index (κ2) is 6.56. The van der Waals surface area contributed by atoms with Crippen LogP contribution in [0, 0.1) is 5.82 Å². The summed E-state index contributed by atoms with van der Waals surface area (Å²) in [6.07, 6.45) is 1.29. The summed E-state index contributed by atoms with van der Waals surface area (Å²) in [5.74, 6) is -3.48. The van der Waals surface area contributed by atoms with Crippen LogP contribution in [0.2, 0.25) is 5.02 Å². The van der Waals surface area contributed by atoms with Crippen molar-refractivity contribution in [1.82, 2.24) is 0 Å². The van der Waals surface area contributed by atoms with Gasteiger partial charge in [0, 0.05) is 6.42 Å². The van der Waals surface area contributed by atoms with Gasteiger partial charge in [-0.15, -0.1) is 0 Å². The van der Waals surface area contributed by atoms with Gasteiger partial charge in [0.15, 0.2) is 5.79 Å². The average molecular weight is 392 g/mol. The molecule has 1 spiro atoms. The standard InChI is InChI=1S/C15H15ClFNO6S/c16-10-2-1-3-11(17)13(10)18-25(21,22)12-4-5-15(23-6-7-24-15)8-9(12)14(19)20/h1-3,8,12,18H,4-7H2,(H,19,20). The normalized spacial score (nSPS) is 22.6. The van der Waals surface area contributed by atoms with Gasteiger partial charge in [-0.1, -0.05) is 17.7 Å². The SMILES string of the molecule is O=C(O)C1=CC2(CCC1S(=O)(=O)Nc1c(F)cccc1Cl)OCCO2. The molecular weight excluding hydrogens is 377 g/mol. The number of carbonyl (C=O) groups is 1. The van der Waals surface area contributed by atoms with E-state index in [0.29, 0.717) is 13.2 Å². The third-order valence-electron chi connectivity index (χ3n) is 4.08. The third-order valence-corrected chi connectivity index (χ3v) is 6.12. The number of nitrogens with one attached hydrogen (secondary N) is 1. The first-order chi connectivity index (χ1) is 11.7. The number of carboxylic acids is 1. The number of hydrogen-bond donors (Lipinski definition) is 2. The summed E-state index contributed by atoms with van der Waals surface area (Å²) in [6.45, 7) is 0.591. The number of rotatable bonds is 4. The molecule has 1 aliphatic carbocycles. The van der Waals surface area contributed by atoms with Gasteiger partial charge in [-0.25, -0.2) is 17.6 Å². The van der Waals surface area contributed by atoms with Crippen LogP contribution in [0.5, 0.6) is 0 Å². The Kier molecular flexibility index (Phi) is 4.76. The summed E-state index contributed by atoms with van der Waals surface area (Å²) in [6, 6.07) is 3.71. The highest BCUT2D eigenvalue weighted by Crippen LogP contribution is 2.38. The third kappa shape index (κ3) is 3.50. The van der Waals surface area contributed by atoms with E-state index in [0.717, 1.165) is 6.07 Å². The zero-order valence-electron chi connectivity index (χ0n) is 12.9. The van der Waals surface area contributed by atoms with Gasteiger partial charge in [0.05, 0.1) is 23.8 Å². The van der Waals surface area contributed by atoms with Gasteiger partial charge in [0.25, 0.3) is 0 Å². The largest absolute Gasteiger partial charge is 0.478 e. The van der Waals surface area contributed by atoms with Gasteiger partial charge in [-0.3, -0.25) is 4.72 Å². The number of anilines is 1. The lowest BCUT2D eigenvalue weighted by molar-refractivity contribution is -0.138. The van der Waals surface area contributed by atoms with Gasteiger partial charge in [-0.2, -0.15) is 0 Å². The van der Waals surface area contributed by atoms with E-state index in [9.17, 15) is 22.7 Å². The van der Waals surface area contributed by atoms with Crippen molar-refractivity contribution < 1.29 is 32.2 Å². The minimum atomic E-state index is -4.26. The fraction of sp³-hybridized carbons (Fsp3) is 0.400. The van der Waals surface area contributed by atoms with Gasteiger partial charge >= 0.3 is 5.97 Å². The first-order valence-electron chi connectivity index (χ1n) is 7.44. The molecule has 7 nitrogen and oxygen atoms in total. The van der Waals surface area contributed by atoms with E-state index >= 15 is 0 Å². The minimum Gasteiger partial charge on any atom is -0.478 e. The Morgan fingerprint density at radius 2 is 2.04 bits per heavy atom. The van der Waals surface area contributed by atoms with E-state index in [-0.39, 0.29) is 23.4 Å². The van der Waals surface area contributed by atoms with E-state index in [2.05, 4.69) is 4.72 Å². The average Bonchev–Trinajstić information content (AvgIpc) is 2.98. The lowest BCUT2D eigenvalue weighted by atomic mass is 9.94. The van der Waals surface area contributed by atoms with Crippen LogP contribution in [-0.4, -0.2) is 43.7 Å². The molecule has 1 aromatic rings. The van der Waals surface area contributed by atoms with E-state index in [1.807, 2.05) is 0 Å². The number of sulfonamides is 1. The second-order valence-corrected chi connectivity index (χ2v) is 7.96. The molecule has 0 aromatic heterocycles. The van der Waals surface area contributed by atoms with Crippen LogP contribution in [0.15, 0.2) is 29.8 Å². The minimum absolute atomic E-state index is 0.0560. The maximum Gasteiger partial charge on any atom is 0.332 e. The molecule has 10 heteroatoms. The predicted molar refractivity (Wildman–Crippen MR) is 87.3 cm³/mol. The van der Waals surface area contributed by atoms with Gasteiger partial charge in [0.1, 0.15) is 16.8 Å². The van der Waals surface area contributed by atoms with Crippen LogP contribution >= 0.6 is 11.6 Å². The van der Waals surface area contributed by atoms with Crippen LogP contribution in [-0.2, 0) is 24.3 Å². The number of benzene rings is 1. The molecule has 0 amide bonds. The number of carboxylic acid groups (broad SMARTS) is 1. The van der Waals surface area contributed by atoms with Crippen LogP contribution in [0.4, 0.5) is 10.1 Å². The maximum absolute atomic E-state index is 13.9. The Balaban J connectivity index is 1.95. The smallest absolute Gasteiger partial charge is 0.332 e. The van der Waals surface area contributed by atoms with Gasteiger partial charge < -0.3 is 14.6 Å². The molecule has 2 aliphatic rings. The highest BCUT2D eigenvalue weighted by atomic mass is 35.5. The summed E-state index contributed by atoms with van der Waals surface area (Å²) in [4.78, 5) is 11.6. The molecular formula is C15H15ClFNO6S. The lowest BCUT2D eigenvalue weighted by Gasteiger charge is -2.32. The molecule has 1 heterocycles. The van der Waals surface area contributed by atoms with Crippen molar-refractivity contribution in [2.24, 2.45) is 0 Å². The lowest BCUT2D eigenvalue weighted by Crippen LogP contribution is -2.42. The van der Waals surface area contributed by atoms with Crippen molar-refractivity contribution in [2.75, 3.05) is 17.9 Å². The van der Waals surface area contributed by atoms with Crippen LogP contribution in [0.1, 0.15) is 12.8 Å². The van der Waals surface area contributed by atoms with Crippen molar-refractivity contribution in [2.45, 2.75) is 23.9 Å². The molecule has 0 saturated carbocycles. The first-order valence-corrected chi connectivity index (χ1v) is 9.36. The Bertz CT molecular complexity index is 814. The van der Waals surface area contributed by atoms with Crippen LogP contribution < -0.4 is 4.72 Å². The zero-order valence-corrected chi connectivity index (χ0v) is 14.4. The fourth-order valence-corrected chi connectivity index (χ4v) is 4.75. The van der Waals surface area contributed by atoms with E-state index in [1.54, 1.807) is 0 Å². The highest BCUT2D eigenvalue weighted by Gasteiger charge is 2.45. The topological polar surface area (TPSA) is 102 Å².